The molecule has 0 saturated carbocycles. The summed E-state index contributed by atoms with van der Waals surface area (Å²) in [6, 6.07) is 15.8. The molecule has 0 bridgehead atoms. The highest BCUT2D eigenvalue weighted by molar-refractivity contribution is 6.05. The number of benzene rings is 2. The molecule has 0 unspecified atom stereocenters. The Bertz CT molecular complexity index is 1280. The number of aromatic nitrogens is 1. The van der Waals surface area contributed by atoms with Gasteiger partial charge in [-0.25, -0.2) is 9.37 Å². The van der Waals surface area contributed by atoms with Crippen LogP contribution < -0.4 is 16.0 Å². The smallest absolute Gasteiger partial charge is 0.257 e. The van der Waals surface area contributed by atoms with E-state index in [1.807, 2.05) is 19.1 Å². The second-order valence-corrected chi connectivity index (χ2v) is 9.80. The fraction of sp³-hybridized carbons (Fsp3) is 0.345. The second-order valence-electron chi connectivity index (χ2n) is 9.80. The molecule has 3 aromatic rings. The maximum atomic E-state index is 15.6. The van der Waals surface area contributed by atoms with Gasteiger partial charge in [0.15, 0.2) is 0 Å². The maximum absolute atomic E-state index is 15.6. The van der Waals surface area contributed by atoms with Crippen molar-refractivity contribution < 1.29 is 14.0 Å². The maximum Gasteiger partial charge on any atom is 0.257 e. The van der Waals surface area contributed by atoms with Gasteiger partial charge in [-0.2, -0.15) is 0 Å². The van der Waals surface area contributed by atoms with Crippen LogP contribution in [0.2, 0.25) is 0 Å². The predicted molar refractivity (Wildman–Crippen MR) is 144 cm³/mol. The van der Waals surface area contributed by atoms with E-state index in [9.17, 15) is 9.59 Å². The highest BCUT2D eigenvalue weighted by atomic mass is 19.1. The van der Waals surface area contributed by atoms with Gasteiger partial charge in [0.25, 0.3) is 11.8 Å². The average molecular weight is 502 g/mol. The van der Waals surface area contributed by atoms with E-state index in [-0.39, 0.29) is 24.7 Å². The van der Waals surface area contributed by atoms with Gasteiger partial charge in [-0.3, -0.25) is 9.59 Å². The van der Waals surface area contributed by atoms with Crippen LogP contribution in [0.1, 0.15) is 58.0 Å². The van der Waals surface area contributed by atoms with Crippen molar-refractivity contribution in [2.45, 2.75) is 38.3 Å². The third kappa shape index (κ3) is 5.14. The zero-order valence-corrected chi connectivity index (χ0v) is 21.0. The summed E-state index contributed by atoms with van der Waals surface area (Å²) in [5, 5.41) is 2.96. The van der Waals surface area contributed by atoms with Crippen LogP contribution >= 0.6 is 0 Å². The van der Waals surface area contributed by atoms with Crippen LogP contribution in [-0.2, 0) is 12.1 Å². The third-order valence-electron chi connectivity index (χ3n) is 7.45. The number of carbonyl (C=O) groups is 2. The third-order valence-corrected chi connectivity index (χ3v) is 7.45. The van der Waals surface area contributed by atoms with E-state index in [1.165, 1.54) is 0 Å². The van der Waals surface area contributed by atoms with Crippen molar-refractivity contribution in [2.24, 2.45) is 0 Å². The largest absolute Gasteiger partial charge is 0.399 e. The molecule has 2 fully saturated rings. The van der Waals surface area contributed by atoms with E-state index in [0.717, 1.165) is 30.9 Å². The van der Waals surface area contributed by atoms with Crippen molar-refractivity contribution in [2.75, 3.05) is 42.1 Å². The number of aryl methyl sites for hydroxylation is 1. The molecule has 2 amide bonds. The quantitative estimate of drug-likeness (QED) is 0.474. The van der Waals surface area contributed by atoms with Crippen molar-refractivity contribution in [1.29, 1.82) is 0 Å². The average Bonchev–Trinajstić information content (AvgIpc) is 2.88. The molecule has 192 valence electrons. The zero-order chi connectivity index (χ0) is 26.0. The summed E-state index contributed by atoms with van der Waals surface area (Å²) in [6.07, 6.45) is 3.89. The molecule has 1 aromatic heterocycles. The number of hydrogen-bond acceptors (Lipinski definition) is 5. The van der Waals surface area contributed by atoms with Crippen LogP contribution in [0.4, 0.5) is 21.6 Å². The van der Waals surface area contributed by atoms with Crippen molar-refractivity contribution in [1.82, 2.24) is 9.88 Å². The number of halogens is 1. The standard InChI is InChI=1S/C29H32FN5O2/c1-2-20-4-5-21(18-25(20)33-27(36)22-6-11-26(32-19-22)34-14-3-15-34)28(37)35-16-12-29(30,13-17-35)23-7-9-24(31)10-8-23/h4-11,18-19H,2-3,12-17,31H2,1H3,(H,33,36). The topological polar surface area (TPSA) is 91.6 Å². The number of nitrogens with one attached hydrogen (secondary N) is 1. The molecule has 0 spiro atoms. The molecule has 2 aliphatic rings. The molecular weight excluding hydrogens is 469 g/mol. The SMILES string of the molecule is CCc1ccc(C(=O)N2CCC(F)(c3ccc(N)cc3)CC2)cc1NC(=O)c1ccc(N2CCC2)nc1. The Hall–Kier alpha value is -3.94. The number of pyridine rings is 1. The van der Waals surface area contributed by atoms with Crippen molar-refractivity contribution in [3.05, 3.63) is 83.0 Å². The Balaban J connectivity index is 1.27. The highest BCUT2D eigenvalue weighted by Crippen LogP contribution is 2.37. The molecule has 5 rings (SSSR count). The predicted octanol–water partition coefficient (Wildman–Crippen LogP) is 4.79. The molecule has 2 saturated heterocycles. The number of nitrogen functional groups attached to an aromatic ring is 1. The van der Waals surface area contributed by atoms with Crippen LogP contribution in [0, 0.1) is 0 Å². The van der Waals surface area contributed by atoms with Crippen LogP contribution in [0.25, 0.3) is 0 Å². The molecule has 0 atom stereocenters. The van der Waals surface area contributed by atoms with Gasteiger partial charge in [-0.05, 0) is 60.4 Å². The minimum Gasteiger partial charge on any atom is -0.399 e. The monoisotopic (exact) mass is 501 g/mol. The fourth-order valence-electron chi connectivity index (χ4n) is 4.90. The number of rotatable bonds is 6. The summed E-state index contributed by atoms with van der Waals surface area (Å²) < 4.78 is 15.6. The molecule has 3 N–H and O–H groups in total. The number of hydrogen-bond donors (Lipinski definition) is 2. The molecule has 37 heavy (non-hydrogen) atoms. The van der Waals surface area contributed by atoms with E-state index in [2.05, 4.69) is 15.2 Å². The number of piperidine rings is 1. The lowest BCUT2D eigenvalue weighted by atomic mass is 9.86. The van der Waals surface area contributed by atoms with Crippen LogP contribution in [0.3, 0.4) is 0 Å². The van der Waals surface area contributed by atoms with Crippen LogP contribution in [-0.4, -0.2) is 47.9 Å². The summed E-state index contributed by atoms with van der Waals surface area (Å²) in [5.41, 5.74) is 7.91. The Labute approximate surface area is 216 Å². The molecule has 2 aliphatic heterocycles. The summed E-state index contributed by atoms with van der Waals surface area (Å²) in [4.78, 5) is 34.5. The van der Waals surface area contributed by atoms with Crippen LogP contribution in [0.5, 0.6) is 0 Å². The summed E-state index contributed by atoms with van der Waals surface area (Å²) in [7, 11) is 0. The van der Waals surface area contributed by atoms with E-state index >= 15 is 4.39 Å². The first-order valence-corrected chi connectivity index (χ1v) is 12.9. The fourth-order valence-corrected chi connectivity index (χ4v) is 4.90. The van der Waals surface area contributed by atoms with E-state index in [1.54, 1.807) is 53.6 Å². The van der Waals surface area contributed by atoms with Gasteiger partial charge in [0.05, 0.1) is 5.56 Å². The van der Waals surface area contributed by atoms with Gasteiger partial charge in [0.2, 0.25) is 0 Å². The number of carbonyl (C=O) groups excluding carboxylic acids is 2. The lowest BCUT2D eigenvalue weighted by molar-refractivity contribution is 0.0421. The van der Waals surface area contributed by atoms with E-state index in [0.29, 0.717) is 47.6 Å². The Kier molecular flexibility index (Phi) is 6.82. The first-order valence-electron chi connectivity index (χ1n) is 12.9. The van der Waals surface area contributed by atoms with Gasteiger partial charge in [-0.1, -0.05) is 25.1 Å². The molecule has 8 heteroatoms. The van der Waals surface area contributed by atoms with Crippen molar-refractivity contribution in [3.8, 4) is 0 Å². The number of likely N-dealkylation sites (tertiary alicyclic amines) is 1. The second kappa shape index (κ2) is 10.2. The lowest BCUT2D eigenvalue weighted by Gasteiger charge is -2.37. The Morgan fingerprint density at radius 1 is 1.00 bits per heavy atom. The number of nitrogens with zero attached hydrogens (tertiary/aromatic N) is 3. The summed E-state index contributed by atoms with van der Waals surface area (Å²) >= 11 is 0. The number of alkyl halides is 1. The lowest BCUT2D eigenvalue weighted by Crippen LogP contribution is -2.43. The molecule has 2 aromatic carbocycles. The molecular formula is C29H32FN5O2. The van der Waals surface area contributed by atoms with E-state index in [4.69, 9.17) is 5.73 Å². The van der Waals surface area contributed by atoms with Crippen molar-refractivity contribution >= 4 is 29.0 Å². The molecule has 0 radical (unpaired) electrons. The first-order chi connectivity index (χ1) is 17.9. The number of anilines is 3. The highest BCUT2D eigenvalue weighted by Gasteiger charge is 2.37. The minimum absolute atomic E-state index is 0.168. The van der Waals surface area contributed by atoms with Gasteiger partial charge in [0.1, 0.15) is 11.5 Å². The first kappa shape index (κ1) is 24.7. The normalized spacial score (nSPS) is 16.7. The molecule has 3 heterocycles. The molecule has 7 nitrogen and oxygen atoms in total. The van der Waals surface area contributed by atoms with Gasteiger partial charge in [0, 0.05) is 62.2 Å². The van der Waals surface area contributed by atoms with E-state index < -0.39 is 5.67 Å². The Morgan fingerprint density at radius 3 is 2.30 bits per heavy atom. The number of nitrogens with two attached hydrogens (primary N) is 1. The number of amides is 2. The van der Waals surface area contributed by atoms with Crippen LogP contribution in [0.15, 0.2) is 60.8 Å². The molecule has 0 aliphatic carbocycles. The summed E-state index contributed by atoms with van der Waals surface area (Å²) in [5.74, 6) is 0.434. The van der Waals surface area contributed by atoms with Crippen molar-refractivity contribution in [3.63, 3.8) is 0 Å². The minimum atomic E-state index is -1.48. The van der Waals surface area contributed by atoms with Gasteiger partial charge in [-0.15, -0.1) is 0 Å². The summed E-state index contributed by atoms with van der Waals surface area (Å²) in [6.45, 7) is 4.60. The van der Waals surface area contributed by atoms with Gasteiger partial charge >= 0.3 is 0 Å². The Morgan fingerprint density at radius 2 is 1.70 bits per heavy atom. The van der Waals surface area contributed by atoms with Gasteiger partial charge < -0.3 is 20.9 Å². The zero-order valence-electron chi connectivity index (χ0n) is 21.0.